The molecule has 0 radical (unpaired) electrons. The molecule has 1 fully saturated rings. The van der Waals surface area contributed by atoms with Gasteiger partial charge in [-0.25, -0.2) is 4.79 Å². The molecule has 1 aliphatic carbocycles. The standard InChI is InChI=1S/C17H25NO2/c1-13-9-11-15(12-10-13)18-17(2,16(19)20-3)14-7-5-4-6-8-14/h9-12,14,18H,4-8H2,1-3H3. The smallest absolute Gasteiger partial charge is 0.331 e. The molecule has 0 bridgehead atoms. The first-order valence-electron chi connectivity index (χ1n) is 7.49. The molecule has 3 heteroatoms. The number of aryl methyl sites for hydroxylation is 1. The van der Waals surface area contributed by atoms with Crippen LogP contribution in [0.25, 0.3) is 0 Å². The molecule has 0 spiro atoms. The number of anilines is 1. The van der Waals surface area contributed by atoms with E-state index in [-0.39, 0.29) is 5.97 Å². The number of carbonyl (C=O) groups excluding carboxylic acids is 1. The van der Waals surface area contributed by atoms with Gasteiger partial charge in [0, 0.05) is 5.69 Å². The van der Waals surface area contributed by atoms with Gasteiger partial charge in [0.15, 0.2) is 0 Å². The van der Waals surface area contributed by atoms with Crippen molar-refractivity contribution in [2.45, 2.75) is 51.5 Å². The van der Waals surface area contributed by atoms with Gasteiger partial charge >= 0.3 is 5.97 Å². The molecule has 1 N–H and O–H groups in total. The second kappa shape index (κ2) is 6.29. The SMILES string of the molecule is COC(=O)C(C)(Nc1ccc(C)cc1)C1CCCCC1. The summed E-state index contributed by atoms with van der Waals surface area (Å²) in [7, 11) is 1.47. The van der Waals surface area contributed by atoms with Crippen molar-refractivity contribution >= 4 is 11.7 Å². The molecule has 0 aliphatic heterocycles. The molecule has 110 valence electrons. The first kappa shape index (κ1) is 14.9. The van der Waals surface area contributed by atoms with Crippen LogP contribution in [0.4, 0.5) is 5.69 Å². The summed E-state index contributed by atoms with van der Waals surface area (Å²) < 4.78 is 5.06. The average Bonchev–Trinajstić information content (AvgIpc) is 2.49. The van der Waals surface area contributed by atoms with E-state index in [4.69, 9.17) is 4.74 Å². The second-order valence-corrected chi connectivity index (χ2v) is 6.02. The number of carbonyl (C=O) groups is 1. The number of benzene rings is 1. The van der Waals surface area contributed by atoms with Gasteiger partial charge in [0.05, 0.1) is 7.11 Å². The lowest BCUT2D eigenvalue weighted by Gasteiger charge is -2.38. The first-order valence-corrected chi connectivity index (χ1v) is 7.49. The summed E-state index contributed by atoms with van der Waals surface area (Å²) in [5.74, 6) is 0.176. The van der Waals surface area contributed by atoms with Crippen molar-refractivity contribution in [3.05, 3.63) is 29.8 Å². The van der Waals surface area contributed by atoms with E-state index < -0.39 is 5.54 Å². The minimum atomic E-state index is -0.634. The summed E-state index contributed by atoms with van der Waals surface area (Å²) >= 11 is 0. The van der Waals surface area contributed by atoms with Gasteiger partial charge in [-0.3, -0.25) is 0 Å². The minimum absolute atomic E-state index is 0.162. The Morgan fingerprint density at radius 2 is 1.80 bits per heavy atom. The van der Waals surface area contributed by atoms with Gasteiger partial charge in [-0.15, -0.1) is 0 Å². The molecule has 1 aromatic rings. The molecule has 0 amide bonds. The van der Waals surface area contributed by atoms with Crippen LogP contribution in [0.15, 0.2) is 24.3 Å². The van der Waals surface area contributed by atoms with E-state index in [2.05, 4.69) is 24.4 Å². The van der Waals surface area contributed by atoms with Crippen LogP contribution in [0, 0.1) is 12.8 Å². The Kier molecular flexibility index (Phi) is 4.69. The molecular weight excluding hydrogens is 250 g/mol. The average molecular weight is 275 g/mol. The van der Waals surface area contributed by atoms with Crippen LogP contribution in [-0.4, -0.2) is 18.6 Å². The van der Waals surface area contributed by atoms with Crippen molar-refractivity contribution in [3.8, 4) is 0 Å². The third-order valence-electron chi connectivity index (χ3n) is 4.49. The molecule has 1 aliphatic rings. The highest BCUT2D eigenvalue weighted by Gasteiger charge is 2.42. The molecule has 0 heterocycles. The van der Waals surface area contributed by atoms with Crippen LogP contribution in [0.2, 0.25) is 0 Å². The highest BCUT2D eigenvalue weighted by Crippen LogP contribution is 2.35. The van der Waals surface area contributed by atoms with E-state index in [1.807, 2.05) is 19.1 Å². The maximum absolute atomic E-state index is 12.3. The van der Waals surface area contributed by atoms with Crippen LogP contribution >= 0.6 is 0 Å². The van der Waals surface area contributed by atoms with Crippen LogP contribution in [0.5, 0.6) is 0 Å². The number of ether oxygens (including phenoxy) is 1. The van der Waals surface area contributed by atoms with E-state index in [9.17, 15) is 4.79 Å². The Balaban J connectivity index is 2.21. The lowest BCUT2D eigenvalue weighted by Crippen LogP contribution is -2.51. The Bertz CT molecular complexity index is 449. The normalized spacial score (nSPS) is 19.1. The lowest BCUT2D eigenvalue weighted by molar-refractivity contribution is -0.147. The molecule has 2 rings (SSSR count). The molecule has 20 heavy (non-hydrogen) atoms. The topological polar surface area (TPSA) is 38.3 Å². The number of hydrogen-bond acceptors (Lipinski definition) is 3. The minimum Gasteiger partial charge on any atom is -0.467 e. The van der Waals surface area contributed by atoms with Gasteiger partial charge in [-0.1, -0.05) is 37.0 Å². The maximum atomic E-state index is 12.3. The fourth-order valence-electron chi connectivity index (χ4n) is 3.15. The molecule has 1 saturated carbocycles. The van der Waals surface area contributed by atoms with E-state index in [1.165, 1.54) is 31.9 Å². The Hall–Kier alpha value is -1.51. The van der Waals surface area contributed by atoms with E-state index in [0.29, 0.717) is 5.92 Å². The van der Waals surface area contributed by atoms with Gasteiger partial charge in [-0.05, 0) is 44.7 Å². The van der Waals surface area contributed by atoms with Crippen molar-refractivity contribution in [2.75, 3.05) is 12.4 Å². The Morgan fingerprint density at radius 1 is 1.20 bits per heavy atom. The van der Waals surface area contributed by atoms with Crippen molar-refractivity contribution < 1.29 is 9.53 Å². The monoisotopic (exact) mass is 275 g/mol. The lowest BCUT2D eigenvalue weighted by atomic mass is 9.75. The first-order chi connectivity index (χ1) is 9.56. The summed E-state index contributed by atoms with van der Waals surface area (Å²) in [6, 6.07) is 8.17. The van der Waals surface area contributed by atoms with E-state index in [1.54, 1.807) is 0 Å². The van der Waals surface area contributed by atoms with Crippen LogP contribution < -0.4 is 5.32 Å². The van der Waals surface area contributed by atoms with Gasteiger partial charge < -0.3 is 10.1 Å². The van der Waals surface area contributed by atoms with Gasteiger partial charge in [0.25, 0.3) is 0 Å². The predicted octanol–water partition coefficient (Wildman–Crippen LogP) is 3.92. The fraction of sp³-hybridized carbons (Fsp3) is 0.588. The molecular formula is C17H25NO2. The molecule has 0 saturated heterocycles. The molecule has 1 aromatic carbocycles. The number of methoxy groups -OCH3 is 1. The van der Waals surface area contributed by atoms with Gasteiger partial charge in [0.1, 0.15) is 5.54 Å². The quantitative estimate of drug-likeness (QED) is 0.846. The third-order valence-corrected chi connectivity index (χ3v) is 4.49. The third kappa shape index (κ3) is 3.14. The van der Waals surface area contributed by atoms with Crippen LogP contribution in [0.3, 0.4) is 0 Å². The van der Waals surface area contributed by atoms with Crippen LogP contribution in [-0.2, 0) is 9.53 Å². The molecule has 1 unspecified atom stereocenters. The predicted molar refractivity (Wildman–Crippen MR) is 81.8 cm³/mol. The molecule has 0 aromatic heterocycles. The molecule has 1 atom stereocenters. The van der Waals surface area contributed by atoms with Gasteiger partial charge in [0.2, 0.25) is 0 Å². The Labute approximate surface area is 121 Å². The zero-order valence-corrected chi connectivity index (χ0v) is 12.7. The van der Waals surface area contributed by atoms with E-state index in [0.717, 1.165) is 18.5 Å². The largest absolute Gasteiger partial charge is 0.467 e. The number of esters is 1. The summed E-state index contributed by atoms with van der Waals surface area (Å²) in [6.07, 6.45) is 5.85. The van der Waals surface area contributed by atoms with Crippen molar-refractivity contribution in [3.63, 3.8) is 0 Å². The Morgan fingerprint density at radius 3 is 2.35 bits per heavy atom. The highest BCUT2D eigenvalue weighted by molar-refractivity contribution is 5.84. The zero-order chi connectivity index (χ0) is 14.6. The van der Waals surface area contributed by atoms with Crippen molar-refractivity contribution in [1.82, 2.24) is 0 Å². The number of hydrogen-bond donors (Lipinski definition) is 1. The molecule has 3 nitrogen and oxygen atoms in total. The zero-order valence-electron chi connectivity index (χ0n) is 12.7. The maximum Gasteiger partial charge on any atom is 0.331 e. The van der Waals surface area contributed by atoms with Crippen molar-refractivity contribution in [1.29, 1.82) is 0 Å². The summed E-state index contributed by atoms with van der Waals surface area (Å²) in [5.41, 5.74) is 1.56. The number of rotatable bonds is 4. The van der Waals surface area contributed by atoms with E-state index >= 15 is 0 Å². The van der Waals surface area contributed by atoms with Crippen molar-refractivity contribution in [2.24, 2.45) is 5.92 Å². The second-order valence-electron chi connectivity index (χ2n) is 6.02. The summed E-state index contributed by atoms with van der Waals surface area (Å²) in [4.78, 5) is 12.3. The summed E-state index contributed by atoms with van der Waals surface area (Å²) in [6.45, 7) is 4.04. The van der Waals surface area contributed by atoms with Crippen LogP contribution in [0.1, 0.15) is 44.6 Å². The fourth-order valence-corrected chi connectivity index (χ4v) is 3.15. The highest BCUT2D eigenvalue weighted by atomic mass is 16.5. The number of nitrogens with one attached hydrogen (secondary N) is 1. The summed E-state index contributed by atoms with van der Waals surface area (Å²) in [5, 5.41) is 3.43. The van der Waals surface area contributed by atoms with Gasteiger partial charge in [-0.2, -0.15) is 0 Å².